The van der Waals surface area contributed by atoms with E-state index in [0.717, 1.165) is 23.7 Å². The highest BCUT2D eigenvalue weighted by atomic mass is 16.5. The van der Waals surface area contributed by atoms with Gasteiger partial charge in [-0.3, -0.25) is 0 Å². The molecule has 0 fully saturated rings. The van der Waals surface area contributed by atoms with E-state index >= 15 is 0 Å². The zero-order valence-electron chi connectivity index (χ0n) is 16.1. The lowest BCUT2D eigenvalue weighted by atomic mass is 9.95. The van der Waals surface area contributed by atoms with Crippen LogP contribution in [0.4, 0.5) is 0 Å². The van der Waals surface area contributed by atoms with Gasteiger partial charge in [0.1, 0.15) is 0 Å². The van der Waals surface area contributed by atoms with E-state index in [4.69, 9.17) is 4.74 Å². The first-order valence-corrected chi connectivity index (χ1v) is 9.36. The molecule has 0 aromatic rings. The smallest absolute Gasteiger partial charge is 0.0581 e. The second-order valence-corrected chi connectivity index (χ2v) is 8.58. The first-order valence-electron chi connectivity index (χ1n) is 9.36. The van der Waals surface area contributed by atoms with Crippen LogP contribution in [0.15, 0.2) is 0 Å². The zero-order chi connectivity index (χ0) is 16.4. The molecule has 2 unspecified atom stereocenters. The molecular weight excluding hydrogens is 256 g/mol. The van der Waals surface area contributed by atoms with Crippen LogP contribution in [-0.4, -0.2) is 12.2 Å². The van der Waals surface area contributed by atoms with Crippen LogP contribution in [0.25, 0.3) is 0 Å². The fraction of sp³-hybridized carbons (Fsp3) is 1.00. The maximum Gasteiger partial charge on any atom is 0.0581 e. The lowest BCUT2D eigenvalue weighted by Crippen LogP contribution is -2.26. The molecule has 0 amide bonds. The van der Waals surface area contributed by atoms with Crippen LogP contribution < -0.4 is 0 Å². The second-order valence-electron chi connectivity index (χ2n) is 8.58. The SMILES string of the molecule is CC(C)CCC(CC(C)C)OC(CCC(C)C)CC(C)C. The molecule has 0 saturated carbocycles. The highest BCUT2D eigenvalue weighted by Gasteiger charge is 2.19. The maximum absolute atomic E-state index is 6.57. The van der Waals surface area contributed by atoms with E-state index in [0.29, 0.717) is 12.2 Å². The van der Waals surface area contributed by atoms with Crippen molar-refractivity contribution in [1.29, 1.82) is 0 Å². The van der Waals surface area contributed by atoms with Gasteiger partial charge in [0.15, 0.2) is 0 Å². The maximum atomic E-state index is 6.57. The van der Waals surface area contributed by atoms with Gasteiger partial charge in [0.05, 0.1) is 12.2 Å². The third-order valence-electron chi connectivity index (χ3n) is 3.99. The van der Waals surface area contributed by atoms with Crippen LogP contribution in [0, 0.1) is 23.7 Å². The van der Waals surface area contributed by atoms with E-state index in [1.807, 2.05) is 0 Å². The highest BCUT2D eigenvalue weighted by Crippen LogP contribution is 2.23. The molecule has 2 atom stereocenters. The average Bonchev–Trinajstić information content (AvgIpc) is 2.31. The van der Waals surface area contributed by atoms with Gasteiger partial charge in [0.2, 0.25) is 0 Å². The Bertz CT molecular complexity index is 206. The Morgan fingerprint density at radius 3 is 1.05 bits per heavy atom. The van der Waals surface area contributed by atoms with Gasteiger partial charge in [0, 0.05) is 0 Å². The summed E-state index contributed by atoms with van der Waals surface area (Å²) in [6, 6.07) is 0. The van der Waals surface area contributed by atoms with Gasteiger partial charge < -0.3 is 4.74 Å². The minimum absolute atomic E-state index is 0.461. The molecule has 0 saturated heterocycles. The largest absolute Gasteiger partial charge is 0.375 e. The lowest BCUT2D eigenvalue weighted by molar-refractivity contribution is -0.0425. The van der Waals surface area contributed by atoms with Crippen LogP contribution in [0.5, 0.6) is 0 Å². The molecule has 0 aliphatic rings. The van der Waals surface area contributed by atoms with Crippen molar-refractivity contribution in [3.05, 3.63) is 0 Å². The number of hydrogen-bond acceptors (Lipinski definition) is 1. The van der Waals surface area contributed by atoms with E-state index in [2.05, 4.69) is 55.4 Å². The summed E-state index contributed by atoms with van der Waals surface area (Å²) >= 11 is 0. The Hall–Kier alpha value is -0.0400. The number of hydrogen-bond donors (Lipinski definition) is 0. The summed E-state index contributed by atoms with van der Waals surface area (Å²) in [5.74, 6) is 3.02. The Labute approximate surface area is 135 Å². The van der Waals surface area contributed by atoms with E-state index in [-0.39, 0.29) is 0 Å². The van der Waals surface area contributed by atoms with Gasteiger partial charge >= 0.3 is 0 Å². The van der Waals surface area contributed by atoms with Gasteiger partial charge in [-0.25, -0.2) is 0 Å². The van der Waals surface area contributed by atoms with Crippen molar-refractivity contribution in [1.82, 2.24) is 0 Å². The molecule has 0 aromatic heterocycles. The fourth-order valence-electron chi connectivity index (χ4n) is 2.85. The zero-order valence-corrected chi connectivity index (χ0v) is 16.1. The normalized spacial score (nSPS) is 15.4. The quantitative estimate of drug-likeness (QED) is 0.389. The van der Waals surface area contributed by atoms with Crippen LogP contribution >= 0.6 is 0 Å². The predicted molar refractivity (Wildman–Crippen MR) is 95.7 cm³/mol. The topological polar surface area (TPSA) is 9.23 Å². The molecule has 0 rings (SSSR count). The molecule has 0 aliphatic heterocycles. The van der Waals surface area contributed by atoms with Crippen LogP contribution in [0.1, 0.15) is 93.9 Å². The summed E-state index contributed by atoms with van der Waals surface area (Å²) in [4.78, 5) is 0. The molecule has 21 heavy (non-hydrogen) atoms. The van der Waals surface area contributed by atoms with Gasteiger partial charge in [-0.1, -0.05) is 55.4 Å². The first kappa shape index (κ1) is 21.0. The van der Waals surface area contributed by atoms with Crippen molar-refractivity contribution in [3.63, 3.8) is 0 Å². The molecule has 1 nitrogen and oxygen atoms in total. The predicted octanol–water partition coefficient (Wildman–Crippen LogP) is 6.70. The molecule has 0 N–H and O–H groups in total. The van der Waals surface area contributed by atoms with E-state index in [1.54, 1.807) is 0 Å². The summed E-state index contributed by atoms with van der Waals surface area (Å²) in [5.41, 5.74) is 0. The monoisotopic (exact) mass is 298 g/mol. The van der Waals surface area contributed by atoms with Crippen LogP contribution in [0.3, 0.4) is 0 Å². The molecule has 0 spiro atoms. The third-order valence-corrected chi connectivity index (χ3v) is 3.99. The van der Waals surface area contributed by atoms with Gasteiger partial charge in [-0.2, -0.15) is 0 Å². The number of rotatable bonds is 12. The standard InChI is InChI=1S/C20H42O/c1-15(2)9-11-19(13-17(5)6)21-20(14-18(7)8)12-10-16(3)4/h15-20H,9-14H2,1-8H3. The van der Waals surface area contributed by atoms with Crippen LogP contribution in [-0.2, 0) is 4.74 Å². The van der Waals surface area contributed by atoms with Crippen molar-refractivity contribution < 1.29 is 4.74 Å². The van der Waals surface area contributed by atoms with Crippen molar-refractivity contribution >= 4 is 0 Å². The summed E-state index contributed by atoms with van der Waals surface area (Å²) in [6.45, 7) is 18.5. The van der Waals surface area contributed by atoms with Crippen LogP contribution in [0.2, 0.25) is 0 Å². The minimum Gasteiger partial charge on any atom is -0.375 e. The molecule has 0 radical (unpaired) electrons. The Kier molecular flexibility index (Phi) is 11.5. The molecule has 0 bridgehead atoms. The third kappa shape index (κ3) is 13.4. The summed E-state index contributed by atoms with van der Waals surface area (Å²) < 4.78 is 6.57. The summed E-state index contributed by atoms with van der Waals surface area (Å²) in [6.07, 6.45) is 8.38. The van der Waals surface area contributed by atoms with Crippen molar-refractivity contribution in [3.8, 4) is 0 Å². The van der Waals surface area contributed by atoms with Gasteiger partial charge in [-0.05, 0) is 62.2 Å². The Morgan fingerprint density at radius 2 is 0.810 bits per heavy atom. The molecule has 0 aromatic carbocycles. The van der Waals surface area contributed by atoms with Crippen molar-refractivity contribution in [2.75, 3.05) is 0 Å². The minimum atomic E-state index is 0.461. The van der Waals surface area contributed by atoms with E-state index < -0.39 is 0 Å². The summed E-state index contributed by atoms with van der Waals surface area (Å²) in [5, 5.41) is 0. The average molecular weight is 299 g/mol. The molecule has 0 heterocycles. The fourth-order valence-corrected chi connectivity index (χ4v) is 2.85. The Morgan fingerprint density at radius 1 is 0.476 bits per heavy atom. The molecule has 0 aliphatic carbocycles. The molecule has 1 heteroatoms. The lowest BCUT2D eigenvalue weighted by Gasteiger charge is -2.28. The van der Waals surface area contributed by atoms with E-state index in [9.17, 15) is 0 Å². The van der Waals surface area contributed by atoms with Gasteiger partial charge in [-0.15, -0.1) is 0 Å². The number of ether oxygens (including phenoxy) is 1. The molecule has 128 valence electrons. The van der Waals surface area contributed by atoms with Crippen molar-refractivity contribution in [2.45, 2.75) is 106 Å². The Balaban J connectivity index is 4.51. The van der Waals surface area contributed by atoms with Gasteiger partial charge in [0.25, 0.3) is 0 Å². The first-order chi connectivity index (χ1) is 9.70. The highest BCUT2D eigenvalue weighted by molar-refractivity contribution is 4.69. The van der Waals surface area contributed by atoms with Crippen molar-refractivity contribution in [2.24, 2.45) is 23.7 Å². The van der Waals surface area contributed by atoms with E-state index in [1.165, 1.54) is 38.5 Å². The molecular formula is C20H42O. The second kappa shape index (κ2) is 11.5. The summed E-state index contributed by atoms with van der Waals surface area (Å²) in [7, 11) is 0.